The zero-order valence-electron chi connectivity index (χ0n) is 40.4. The summed E-state index contributed by atoms with van der Waals surface area (Å²) in [6.45, 7) is 32.6. The SMILES string of the molecule is C1CCNCC1.C1CNCCN1.C1CNCCN1.CC(=O)N1CCNCC1.CC(=O)N1CCNCC1.CC(=O)N1CCNCC1.COC(=O)N1CCN(C(C)=O)CC1.COC(C)=O.Cl. The van der Waals surface area contributed by atoms with Gasteiger partial charge in [-0.05, 0) is 25.9 Å². The molecule has 8 N–H and O–H groups in total. The number of methoxy groups -OCH3 is 2. The van der Waals surface area contributed by atoms with Crippen molar-refractivity contribution in [2.45, 2.75) is 53.9 Å². The van der Waals surface area contributed by atoms with Gasteiger partial charge < -0.3 is 76.5 Å². The predicted molar refractivity (Wildman–Crippen MR) is 255 cm³/mol. The molecular formula is C42H88ClN13O8. The standard InChI is InChI=1S/C8H14N2O3.3C6H12N2O.C5H11N.2C4H10N2.C3H6O2.ClH/c1-7(11)9-3-5-10(6-4-9)8(12)13-2;3*1-6(9)8-4-2-7-3-5-8;1-2-4-6-5-3-1;2*1-2-6-4-3-5-1;1-3(4)5-2;/h3-6H2,1-2H3;3*7H,2-5H2,1H3;6H,1-5H2;2*5-6H,1-4H2;1-2H3;1H. The largest absolute Gasteiger partial charge is 0.469 e. The number of esters is 1. The molecular weight excluding hydrogens is 850 g/mol. The molecule has 0 aromatic rings. The van der Waals surface area contributed by atoms with E-state index >= 15 is 0 Å². The van der Waals surface area contributed by atoms with Crippen LogP contribution in [0.5, 0.6) is 0 Å². The van der Waals surface area contributed by atoms with Crippen molar-refractivity contribution in [2.24, 2.45) is 0 Å². The van der Waals surface area contributed by atoms with Crippen LogP contribution in [0.25, 0.3) is 0 Å². The van der Waals surface area contributed by atoms with Crippen molar-refractivity contribution in [1.29, 1.82) is 0 Å². The highest BCUT2D eigenvalue weighted by molar-refractivity contribution is 5.85. The number of nitrogens with zero attached hydrogens (tertiary/aromatic N) is 5. The number of halogens is 1. The molecule has 0 aliphatic carbocycles. The highest BCUT2D eigenvalue weighted by Gasteiger charge is 2.22. The molecule has 7 rings (SSSR count). The summed E-state index contributed by atoms with van der Waals surface area (Å²) in [6, 6.07) is 0. The maximum atomic E-state index is 11.0. The Bertz CT molecular complexity index is 1060. The Labute approximate surface area is 390 Å². The number of rotatable bonds is 0. The Balaban J connectivity index is 0. The zero-order chi connectivity index (χ0) is 46.9. The van der Waals surface area contributed by atoms with E-state index in [-0.39, 0.29) is 48.1 Å². The fourth-order valence-electron chi connectivity index (χ4n) is 6.28. The Morgan fingerprint density at radius 2 is 0.531 bits per heavy atom. The molecule has 0 bridgehead atoms. The van der Waals surface area contributed by atoms with Gasteiger partial charge in [0.05, 0.1) is 14.2 Å². The molecule has 0 atom stereocenters. The minimum absolute atomic E-state index is 0. The van der Waals surface area contributed by atoms with Crippen LogP contribution >= 0.6 is 12.4 Å². The van der Waals surface area contributed by atoms with Crippen LogP contribution < -0.4 is 42.5 Å². The van der Waals surface area contributed by atoms with Crippen molar-refractivity contribution in [3.8, 4) is 0 Å². The maximum Gasteiger partial charge on any atom is 0.409 e. The minimum Gasteiger partial charge on any atom is -0.469 e. The van der Waals surface area contributed by atoms with Gasteiger partial charge in [0.1, 0.15) is 0 Å². The molecule has 7 aliphatic heterocycles. The van der Waals surface area contributed by atoms with Gasteiger partial charge in [-0.1, -0.05) is 6.42 Å². The number of hydrogen-bond acceptors (Lipinski definition) is 16. The molecule has 7 aliphatic rings. The van der Waals surface area contributed by atoms with Crippen molar-refractivity contribution in [2.75, 3.05) is 184 Å². The van der Waals surface area contributed by atoms with Gasteiger partial charge in [-0.25, -0.2) is 4.79 Å². The monoisotopic (exact) mass is 938 g/mol. The molecule has 7 saturated heterocycles. The minimum atomic E-state index is -0.316. The van der Waals surface area contributed by atoms with Crippen LogP contribution in [0.15, 0.2) is 0 Å². The highest BCUT2D eigenvalue weighted by atomic mass is 35.5. The van der Waals surface area contributed by atoms with Crippen molar-refractivity contribution >= 4 is 48.1 Å². The Morgan fingerprint density at radius 1 is 0.312 bits per heavy atom. The predicted octanol–water partition coefficient (Wildman–Crippen LogP) is -2.05. The van der Waals surface area contributed by atoms with E-state index in [1.165, 1.54) is 60.4 Å². The van der Waals surface area contributed by atoms with Gasteiger partial charge in [0.25, 0.3) is 0 Å². The summed E-state index contributed by atoms with van der Waals surface area (Å²) in [5, 5.41) is 25.7. The molecule has 0 aromatic carbocycles. The summed E-state index contributed by atoms with van der Waals surface area (Å²) in [6.07, 6.45) is 3.90. The van der Waals surface area contributed by atoms with Crippen LogP contribution in [0.1, 0.15) is 53.9 Å². The van der Waals surface area contributed by atoms with Crippen LogP contribution in [0, 0.1) is 0 Å². The summed E-state index contributed by atoms with van der Waals surface area (Å²) >= 11 is 0. The lowest BCUT2D eigenvalue weighted by atomic mass is 10.2. The first-order chi connectivity index (χ1) is 30.3. The van der Waals surface area contributed by atoms with E-state index in [1.54, 1.807) is 30.6 Å². The average Bonchev–Trinajstić information content (AvgIpc) is 3.35. The van der Waals surface area contributed by atoms with Gasteiger partial charge >= 0.3 is 12.1 Å². The summed E-state index contributed by atoms with van der Waals surface area (Å²) in [4.78, 5) is 72.6. The molecule has 21 nitrogen and oxygen atoms in total. The summed E-state index contributed by atoms with van der Waals surface area (Å²) in [7, 11) is 2.71. The lowest BCUT2D eigenvalue weighted by Gasteiger charge is -2.33. The molecule has 64 heavy (non-hydrogen) atoms. The molecule has 0 spiro atoms. The highest BCUT2D eigenvalue weighted by Crippen LogP contribution is 2.03. The fourth-order valence-corrected chi connectivity index (χ4v) is 6.28. The number of nitrogens with one attached hydrogen (secondary N) is 8. The summed E-state index contributed by atoms with van der Waals surface area (Å²) in [5.74, 6) is 0.388. The Morgan fingerprint density at radius 3 is 0.688 bits per heavy atom. The number of ether oxygens (including phenoxy) is 2. The Kier molecular flexibility index (Phi) is 42.6. The molecule has 0 unspecified atom stereocenters. The molecule has 0 saturated carbocycles. The molecule has 376 valence electrons. The molecule has 5 amide bonds. The van der Waals surface area contributed by atoms with E-state index < -0.39 is 0 Å². The van der Waals surface area contributed by atoms with Crippen LogP contribution in [0.2, 0.25) is 0 Å². The van der Waals surface area contributed by atoms with E-state index in [0.29, 0.717) is 26.2 Å². The van der Waals surface area contributed by atoms with Gasteiger partial charge in [0, 0.05) is 192 Å². The van der Waals surface area contributed by atoms with Crippen LogP contribution in [0.4, 0.5) is 4.79 Å². The summed E-state index contributed by atoms with van der Waals surface area (Å²) in [5.41, 5.74) is 0. The molecule has 0 aromatic heterocycles. The van der Waals surface area contributed by atoms with Crippen LogP contribution in [0.3, 0.4) is 0 Å². The third-order valence-electron chi connectivity index (χ3n) is 10.3. The number of amides is 5. The van der Waals surface area contributed by atoms with Crippen molar-refractivity contribution < 1.29 is 38.2 Å². The van der Waals surface area contributed by atoms with Crippen LogP contribution in [-0.4, -0.2) is 245 Å². The zero-order valence-corrected chi connectivity index (χ0v) is 41.2. The second-order valence-corrected chi connectivity index (χ2v) is 15.2. The van der Waals surface area contributed by atoms with Crippen LogP contribution in [-0.2, 0) is 33.4 Å². The average molecular weight is 939 g/mol. The first-order valence-corrected chi connectivity index (χ1v) is 22.9. The fraction of sp³-hybridized carbons (Fsp3) is 0.857. The number of carbonyl (C=O) groups is 6. The Hall–Kier alpha value is -3.41. The number of hydrogen-bond donors (Lipinski definition) is 8. The quantitative estimate of drug-likeness (QED) is 0.122. The third kappa shape index (κ3) is 36.9. The lowest BCUT2D eigenvalue weighted by Crippen LogP contribution is -2.50. The van der Waals surface area contributed by atoms with Crippen molar-refractivity contribution in [3.05, 3.63) is 0 Å². The van der Waals surface area contributed by atoms with Gasteiger partial charge in [-0.2, -0.15) is 0 Å². The molecule has 7 heterocycles. The second kappa shape index (κ2) is 43.5. The van der Waals surface area contributed by atoms with E-state index in [9.17, 15) is 28.8 Å². The van der Waals surface area contributed by atoms with Gasteiger partial charge in [0.15, 0.2) is 0 Å². The van der Waals surface area contributed by atoms with Crippen molar-refractivity contribution in [3.63, 3.8) is 0 Å². The normalized spacial score (nSPS) is 19.1. The maximum absolute atomic E-state index is 11.0. The first kappa shape index (κ1) is 62.7. The first-order valence-electron chi connectivity index (χ1n) is 22.9. The van der Waals surface area contributed by atoms with Crippen molar-refractivity contribution in [1.82, 2.24) is 67.0 Å². The third-order valence-corrected chi connectivity index (χ3v) is 10.3. The molecule has 0 radical (unpaired) electrons. The smallest absolute Gasteiger partial charge is 0.409 e. The second-order valence-electron chi connectivity index (χ2n) is 15.2. The van der Waals surface area contributed by atoms with Gasteiger partial charge in [0.2, 0.25) is 23.6 Å². The summed E-state index contributed by atoms with van der Waals surface area (Å²) < 4.78 is 8.68. The number of carbonyl (C=O) groups excluding carboxylic acids is 6. The molecule has 7 fully saturated rings. The number of piperazine rings is 6. The topological polar surface area (TPSA) is 233 Å². The van der Waals surface area contributed by atoms with E-state index in [1.807, 2.05) is 14.7 Å². The van der Waals surface area contributed by atoms with E-state index in [2.05, 4.69) is 52.0 Å². The molecule has 22 heteroatoms. The number of piperidine rings is 1. The lowest BCUT2D eigenvalue weighted by molar-refractivity contribution is -0.138. The van der Waals surface area contributed by atoms with E-state index in [4.69, 9.17) is 0 Å². The van der Waals surface area contributed by atoms with E-state index in [0.717, 1.165) is 131 Å². The van der Waals surface area contributed by atoms with Gasteiger partial charge in [-0.3, -0.25) is 24.0 Å². The van der Waals surface area contributed by atoms with Gasteiger partial charge in [-0.15, -0.1) is 12.4 Å².